The predicted octanol–water partition coefficient (Wildman–Crippen LogP) is 1.89. The molecular weight excluding hydrogens is 355 g/mol. The quantitative estimate of drug-likeness (QED) is 0.600. The summed E-state index contributed by atoms with van der Waals surface area (Å²) in [6, 6.07) is 1.02. The van der Waals surface area contributed by atoms with E-state index in [0.29, 0.717) is 19.7 Å². The van der Waals surface area contributed by atoms with Crippen molar-refractivity contribution in [3.05, 3.63) is 28.2 Å². The topological polar surface area (TPSA) is 97.6 Å². The van der Waals surface area contributed by atoms with Crippen molar-refractivity contribution in [1.82, 2.24) is 10.3 Å². The second kappa shape index (κ2) is 6.70. The minimum atomic E-state index is -0.684. The van der Waals surface area contributed by atoms with Crippen LogP contribution >= 0.6 is 0 Å². The van der Waals surface area contributed by atoms with Gasteiger partial charge in [-0.25, -0.2) is 9.37 Å². The molecule has 1 aliphatic heterocycles. The molecule has 146 valence electrons. The number of ether oxygens (including phenoxy) is 1. The van der Waals surface area contributed by atoms with Crippen molar-refractivity contribution in [2.45, 2.75) is 31.7 Å². The van der Waals surface area contributed by atoms with E-state index in [1.54, 1.807) is 12.0 Å². The average Bonchev–Trinajstić information content (AvgIpc) is 3.03. The maximum absolute atomic E-state index is 14.2. The Morgan fingerprint density at radius 1 is 1.44 bits per heavy atom. The number of nitrogens with zero attached hydrogens (tertiary/aromatic N) is 3. The molecule has 2 saturated carbocycles. The van der Waals surface area contributed by atoms with Gasteiger partial charge >= 0.3 is 0 Å². The van der Waals surface area contributed by atoms with E-state index in [-0.39, 0.29) is 35.3 Å². The Morgan fingerprint density at radius 3 is 2.67 bits per heavy atom. The lowest BCUT2D eigenvalue weighted by Crippen LogP contribution is -2.45. The highest BCUT2D eigenvalue weighted by Crippen LogP contribution is 2.48. The van der Waals surface area contributed by atoms with Crippen molar-refractivity contribution in [2.24, 2.45) is 17.3 Å². The zero-order valence-electron chi connectivity index (χ0n) is 15.2. The van der Waals surface area contributed by atoms with Crippen LogP contribution < -0.4 is 10.2 Å². The first-order valence-corrected chi connectivity index (χ1v) is 9.30. The minimum Gasteiger partial charge on any atom is -0.384 e. The second-order valence-corrected chi connectivity index (χ2v) is 7.91. The molecule has 1 N–H and O–H groups in total. The molecule has 1 saturated heterocycles. The summed E-state index contributed by atoms with van der Waals surface area (Å²) in [5.41, 5.74) is -0.761. The number of fused-ring (bicyclic) bond motifs is 1. The highest BCUT2D eigenvalue weighted by atomic mass is 19.1. The highest BCUT2D eigenvalue weighted by molar-refractivity contribution is 5.84. The number of piperidine rings is 1. The molecule has 0 spiro atoms. The van der Waals surface area contributed by atoms with E-state index in [1.165, 1.54) is 0 Å². The number of rotatable bonds is 6. The SMILES string of the molecule is COCC1(C(=O)NC2[C@H]3CN(c4ncc([N+](=O)[O-])cc4F)C[C@@H]23)CCCC1. The van der Waals surface area contributed by atoms with Gasteiger partial charge in [-0.05, 0) is 12.8 Å². The Bertz CT molecular complexity index is 756. The van der Waals surface area contributed by atoms with Crippen molar-refractivity contribution < 1.29 is 18.8 Å². The number of carbonyl (C=O) groups is 1. The number of hydrogen-bond donors (Lipinski definition) is 1. The van der Waals surface area contributed by atoms with Crippen molar-refractivity contribution in [3.63, 3.8) is 0 Å². The zero-order valence-corrected chi connectivity index (χ0v) is 15.2. The fraction of sp³-hybridized carbons (Fsp3) is 0.667. The molecule has 9 heteroatoms. The molecule has 3 atom stereocenters. The lowest BCUT2D eigenvalue weighted by atomic mass is 9.86. The number of pyridine rings is 1. The van der Waals surface area contributed by atoms with Crippen molar-refractivity contribution >= 4 is 17.4 Å². The second-order valence-electron chi connectivity index (χ2n) is 7.91. The molecule has 1 aromatic rings. The fourth-order valence-corrected chi connectivity index (χ4v) is 4.74. The van der Waals surface area contributed by atoms with E-state index in [9.17, 15) is 19.3 Å². The monoisotopic (exact) mass is 378 g/mol. The Hall–Kier alpha value is -2.29. The number of methoxy groups -OCH3 is 1. The summed E-state index contributed by atoms with van der Waals surface area (Å²) in [6.07, 6.45) is 4.90. The molecule has 0 bridgehead atoms. The molecule has 8 nitrogen and oxygen atoms in total. The molecule has 2 heterocycles. The van der Waals surface area contributed by atoms with Crippen LogP contribution in [0.15, 0.2) is 12.3 Å². The third-order valence-corrected chi connectivity index (χ3v) is 6.27. The third-order valence-electron chi connectivity index (χ3n) is 6.27. The van der Waals surface area contributed by atoms with Gasteiger partial charge in [0.05, 0.1) is 23.0 Å². The first-order valence-electron chi connectivity index (χ1n) is 9.30. The summed E-state index contributed by atoms with van der Waals surface area (Å²) in [5, 5.41) is 13.9. The molecule has 0 radical (unpaired) electrons. The van der Waals surface area contributed by atoms with E-state index in [0.717, 1.165) is 37.9 Å². The number of aromatic nitrogens is 1. The molecule has 4 rings (SSSR count). The molecule has 3 aliphatic rings. The van der Waals surface area contributed by atoms with Crippen LogP contribution in [0, 0.1) is 33.2 Å². The van der Waals surface area contributed by atoms with Gasteiger partial charge in [-0.15, -0.1) is 0 Å². The van der Waals surface area contributed by atoms with Crippen LogP contribution in [0.5, 0.6) is 0 Å². The van der Waals surface area contributed by atoms with Crippen molar-refractivity contribution in [1.29, 1.82) is 0 Å². The van der Waals surface area contributed by atoms with Gasteiger partial charge < -0.3 is 15.0 Å². The Morgan fingerprint density at radius 2 is 2.11 bits per heavy atom. The van der Waals surface area contributed by atoms with E-state index in [2.05, 4.69) is 10.3 Å². The number of halogens is 1. The molecular formula is C18H23FN4O4. The van der Waals surface area contributed by atoms with E-state index in [1.807, 2.05) is 0 Å². The molecule has 1 amide bonds. The molecule has 2 aliphatic carbocycles. The van der Waals surface area contributed by atoms with Crippen LogP contribution in [0.2, 0.25) is 0 Å². The zero-order chi connectivity index (χ0) is 19.2. The van der Waals surface area contributed by atoms with Gasteiger partial charge in [-0.1, -0.05) is 12.8 Å². The van der Waals surface area contributed by atoms with Crippen molar-refractivity contribution in [2.75, 3.05) is 31.7 Å². The average molecular weight is 378 g/mol. The van der Waals surface area contributed by atoms with Gasteiger partial charge in [0.1, 0.15) is 6.20 Å². The summed E-state index contributed by atoms with van der Waals surface area (Å²) in [7, 11) is 1.63. The van der Waals surface area contributed by atoms with Crippen LogP contribution in [-0.2, 0) is 9.53 Å². The number of nitro groups is 1. The van der Waals surface area contributed by atoms with Crippen LogP contribution in [0.25, 0.3) is 0 Å². The first kappa shape index (κ1) is 18.1. The number of anilines is 1. The fourth-order valence-electron chi connectivity index (χ4n) is 4.74. The Labute approximate surface area is 156 Å². The number of carbonyl (C=O) groups excluding carboxylic acids is 1. The Kier molecular flexibility index (Phi) is 4.49. The summed E-state index contributed by atoms with van der Waals surface area (Å²) in [5.74, 6) is 0.0748. The molecule has 27 heavy (non-hydrogen) atoms. The molecule has 1 unspecified atom stereocenters. The lowest BCUT2D eigenvalue weighted by Gasteiger charge is -2.28. The molecule has 0 aromatic carbocycles. The maximum Gasteiger partial charge on any atom is 0.290 e. The van der Waals surface area contributed by atoms with Gasteiger partial charge in [0.25, 0.3) is 5.69 Å². The van der Waals surface area contributed by atoms with Crippen LogP contribution in [-0.4, -0.2) is 48.7 Å². The van der Waals surface area contributed by atoms with Gasteiger partial charge in [0, 0.05) is 38.1 Å². The van der Waals surface area contributed by atoms with E-state index in [4.69, 9.17) is 4.74 Å². The highest BCUT2D eigenvalue weighted by Gasteiger charge is 2.58. The first-order chi connectivity index (χ1) is 12.9. The van der Waals surface area contributed by atoms with E-state index < -0.39 is 16.2 Å². The van der Waals surface area contributed by atoms with Gasteiger partial charge in [-0.2, -0.15) is 0 Å². The lowest BCUT2D eigenvalue weighted by molar-refractivity contribution is -0.385. The third kappa shape index (κ3) is 3.13. The van der Waals surface area contributed by atoms with Crippen LogP contribution in [0.1, 0.15) is 25.7 Å². The normalized spacial score (nSPS) is 28.1. The largest absolute Gasteiger partial charge is 0.384 e. The van der Waals surface area contributed by atoms with Crippen LogP contribution in [0.4, 0.5) is 15.9 Å². The van der Waals surface area contributed by atoms with Gasteiger partial charge in [0.15, 0.2) is 11.6 Å². The maximum atomic E-state index is 14.2. The number of amides is 1. The smallest absolute Gasteiger partial charge is 0.290 e. The van der Waals surface area contributed by atoms with Crippen LogP contribution in [0.3, 0.4) is 0 Å². The number of hydrogen-bond acceptors (Lipinski definition) is 6. The molecule has 3 fully saturated rings. The van der Waals surface area contributed by atoms with Gasteiger partial charge in [-0.3, -0.25) is 14.9 Å². The summed E-state index contributed by atoms with van der Waals surface area (Å²) < 4.78 is 19.5. The Balaban J connectivity index is 1.36. The predicted molar refractivity (Wildman–Crippen MR) is 94.8 cm³/mol. The number of nitrogens with one attached hydrogen (secondary N) is 1. The molecule has 1 aromatic heterocycles. The summed E-state index contributed by atoms with van der Waals surface area (Å²) in [6.45, 7) is 1.63. The standard InChI is InChI=1S/C18H23FN4O4/c1-27-10-18(4-2-3-5-18)17(24)21-15-12-8-22(9-13(12)15)16-14(19)6-11(7-20-16)23(25)26/h6-7,12-13,15H,2-5,8-10H2,1H3,(H,21,24)/t12-,13+,15?. The summed E-state index contributed by atoms with van der Waals surface area (Å²) >= 11 is 0. The van der Waals surface area contributed by atoms with Gasteiger partial charge in [0.2, 0.25) is 5.91 Å². The van der Waals surface area contributed by atoms with Crippen molar-refractivity contribution in [3.8, 4) is 0 Å². The summed E-state index contributed by atoms with van der Waals surface area (Å²) in [4.78, 5) is 28.6. The van der Waals surface area contributed by atoms with E-state index >= 15 is 0 Å². The minimum absolute atomic E-state index is 0.0763.